The van der Waals surface area contributed by atoms with Gasteiger partial charge in [0.05, 0.1) is 32.0 Å². The number of methoxy groups -OCH3 is 1. The fourth-order valence-electron chi connectivity index (χ4n) is 8.78. The molecule has 4 aliphatic rings. The first-order chi connectivity index (χ1) is 26.3. The van der Waals surface area contributed by atoms with Crippen molar-refractivity contribution in [1.29, 1.82) is 0 Å². The molecule has 1 saturated carbocycles. The number of aliphatic hydroxyl groups is 2. The van der Waals surface area contributed by atoms with Gasteiger partial charge in [-0.25, -0.2) is 9.18 Å². The summed E-state index contributed by atoms with van der Waals surface area (Å²) < 4.78 is 45.9. The number of hydrogen-bond acceptors (Lipinski definition) is 10. The van der Waals surface area contributed by atoms with Crippen molar-refractivity contribution in [3.05, 3.63) is 83.7 Å². The predicted octanol–water partition coefficient (Wildman–Crippen LogP) is 7.26. The van der Waals surface area contributed by atoms with E-state index in [0.29, 0.717) is 42.2 Å². The van der Waals surface area contributed by atoms with Gasteiger partial charge in [0, 0.05) is 50.1 Å². The molecule has 2 fully saturated rings. The molecule has 2 heterocycles. The van der Waals surface area contributed by atoms with E-state index in [0.717, 1.165) is 56.1 Å². The van der Waals surface area contributed by atoms with Crippen LogP contribution in [-0.4, -0.2) is 85.6 Å². The molecule has 0 bridgehead atoms. The molecule has 0 aromatic heterocycles. The summed E-state index contributed by atoms with van der Waals surface area (Å²) in [5.41, 5.74) is 2.96. The number of fused-ring (bicyclic) bond motifs is 2. The maximum absolute atomic E-state index is 14.6. The van der Waals surface area contributed by atoms with Crippen LogP contribution in [0.25, 0.3) is 0 Å². The summed E-state index contributed by atoms with van der Waals surface area (Å²) >= 11 is 0. The van der Waals surface area contributed by atoms with Crippen LogP contribution in [-0.2, 0) is 25.7 Å². The number of amides is 1. The Morgan fingerprint density at radius 2 is 1.91 bits per heavy atom. The largest absolute Gasteiger partial charge is 0.489 e. The van der Waals surface area contributed by atoms with Crippen LogP contribution in [0.5, 0.6) is 11.5 Å². The second kappa shape index (κ2) is 18.6. The lowest BCUT2D eigenvalue weighted by molar-refractivity contribution is -0.253. The highest BCUT2D eigenvalue weighted by Crippen LogP contribution is 2.61. The van der Waals surface area contributed by atoms with E-state index in [4.69, 9.17) is 33.7 Å². The van der Waals surface area contributed by atoms with Crippen molar-refractivity contribution in [1.82, 2.24) is 4.90 Å². The molecule has 2 aromatic carbocycles. The molecule has 0 radical (unpaired) electrons. The number of rotatable bonds is 17. The average molecular weight is 751 g/mol. The number of allylic oxidation sites excluding steroid dienone is 1. The smallest absolute Gasteiger partial charge is 0.409 e. The summed E-state index contributed by atoms with van der Waals surface area (Å²) in [6, 6.07) is 11.5. The second-order valence-corrected chi connectivity index (χ2v) is 14.6. The van der Waals surface area contributed by atoms with E-state index in [-0.39, 0.29) is 56.4 Å². The summed E-state index contributed by atoms with van der Waals surface area (Å²) in [6.45, 7) is 4.93. The number of aliphatic hydroxyl groups excluding tert-OH is 2. The SMILES string of the molecule is C=CCOC12Oc3ccc(OCc4ccccc4F)cc3C3C(CCCCO)C(CCCCO)C=C(C(=NOC4CCCCO4)CC1N(C)C(=O)OC)C32. The minimum atomic E-state index is -1.39. The maximum atomic E-state index is 14.6. The number of halogens is 1. The number of oxime groups is 1. The van der Waals surface area contributed by atoms with Crippen LogP contribution < -0.4 is 9.47 Å². The number of likely N-dealkylation sites (N-methyl/N-ethyl adjacent to an activating group) is 1. The zero-order chi connectivity index (χ0) is 38.1. The number of unbranched alkanes of at least 4 members (excludes halogenated alkanes) is 2. The Bertz CT molecular complexity index is 1650. The predicted molar refractivity (Wildman–Crippen MR) is 201 cm³/mol. The van der Waals surface area contributed by atoms with Gasteiger partial charge in [0.15, 0.2) is 0 Å². The Morgan fingerprint density at radius 3 is 2.63 bits per heavy atom. The number of benzene rings is 2. The lowest BCUT2D eigenvalue weighted by atomic mass is 9.55. The Kier molecular flexibility index (Phi) is 13.7. The van der Waals surface area contributed by atoms with Crippen molar-refractivity contribution in [2.45, 2.75) is 94.9 Å². The van der Waals surface area contributed by atoms with E-state index >= 15 is 0 Å². The van der Waals surface area contributed by atoms with Gasteiger partial charge >= 0.3 is 6.09 Å². The molecule has 2 aliphatic carbocycles. The van der Waals surface area contributed by atoms with Crippen LogP contribution in [0.1, 0.15) is 81.3 Å². The van der Waals surface area contributed by atoms with Crippen molar-refractivity contribution >= 4 is 11.8 Å². The van der Waals surface area contributed by atoms with Crippen molar-refractivity contribution in [3.63, 3.8) is 0 Å². The molecular formula is C42H55FN2O9. The maximum Gasteiger partial charge on any atom is 0.409 e. The standard InChI is InChI=1S/C42H55FN2O9/c1-4-22-52-42-37(45(2)41(48)49-3)26-35(44-54-38-17-9-12-23-50-38)32-24-28(13-7-10-20-46)31(15-8-11-21-47)39(40(32)42)33-25-30(18-19-36(33)53-42)51-27-29-14-5-6-16-34(29)43/h4-6,14,16,18-19,24-25,28,31,37-40,46-47H,1,7-13,15,17,20-23,26-27H2,2-3H3. The van der Waals surface area contributed by atoms with Crippen molar-refractivity contribution in [2.24, 2.45) is 22.9 Å². The third kappa shape index (κ3) is 8.46. The van der Waals surface area contributed by atoms with Gasteiger partial charge < -0.3 is 43.6 Å². The highest BCUT2D eigenvalue weighted by Gasteiger charge is 2.65. The molecule has 7 unspecified atom stereocenters. The van der Waals surface area contributed by atoms with E-state index in [1.165, 1.54) is 18.1 Å². The monoisotopic (exact) mass is 750 g/mol. The van der Waals surface area contributed by atoms with E-state index < -0.39 is 30.1 Å². The highest BCUT2D eigenvalue weighted by molar-refractivity contribution is 6.02. The van der Waals surface area contributed by atoms with Gasteiger partial charge in [0.1, 0.15) is 30.0 Å². The van der Waals surface area contributed by atoms with Crippen LogP contribution in [0, 0.1) is 23.6 Å². The van der Waals surface area contributed by atoms with Crippen LogP contribution in [0.3, 0.4) is 0 Å². The van der Waals surface area contributed by atoms with Crippen LogP contribution >= 0.6 is 0 Å². The van der Waals surface area contributed by atoms with Crippen LogP contribution in [0.2, 0.25) is 0 Å². The van der Waals surface area contributed by atoms with E-state index in [1.807, 2.05) is 18.2 Å². The molecular weight excluding hydrogens is 695 g/mol. The van der Waals surface area contributed by atoms with Crippen molar-refractivity contribution in [2.75, 3.05) is 40.6 Å². The summed E-state index contributed by atoms with van der Waals surface area (Å²) in [4.78, 5) is 21.0. The minimum absolute atomic E-state index is 0.0467. The number of ether oxygens (including phenoxy) is 5. The fraction of sp³-hybridized carbons (Fsp3) is 0.571. The fourth-order valence-corrected chi connectivity index (χ4v) is 8.78. The molecule has 6 rings (SSSR count). The average Bonchev–Trinajstić information content (AvgIpc) is 3.20. The van der Waals surface area contributed by atoms with Crippen LogP contribution in [0.4, 0.5) is 9.18 Å². The third-order valence-electron chi connectivity index (χ3n) is 11.3. The van der Waals surface area contributed by atoms with Crippen molar-refractivity contribution < 1.29 is 47.9 Å². The quantitative estimate of drug-likeness (QED) is 0.0976. The molecule has 2 aliphatic heterocycles. The Labute approximate surface area is 317 Å². The Balaban J connectivity index is 1.53. The lowest BCUT2D eigenvalue weighted by Gasteiger charge is -2.59. The molecule has 1 saturated heterocycles. The van der Waals surface area contributed by atoms with Gasteiger partial charge in [-0.2, -0.15) is 0 Å². The number of nitrogens with zero attached hydrogens (tertiary/aromatic N) is 2. The summed E-state index contributed by atoms with van der Waals surface area (Å²) in [7, 11) is 3.03. The van der Waals surface area contributed by atoms with Gasteiger partial charge in [0.25, 0.3) is 0 Å². The highest BCUT2D eigenvalue weighted by atomic mass is 19.1. The minimum Gasteiger partial charge on any atom is -0.489 e. The Hall–Kier alpha value is -3.97. The normalized spacial score (nSPS) is 27.9. The summed E-state index contributed by atoms with van der Waals surface area (Å²) in [5.74, 6) is -1.14. The zero-order valence-corrected chi connectivity index (χ0v) is 31.5. The number of carbonyl (C=O) groups excluding carboxylic acids is 1. The lowest BCUT2D eigenvalue weighted by Crippen LogP contribution is -2.69. The summed E-state index contributed by atoms with van der Waals surface area (Å²) in [6.07, 6.45) is 10.4. The van der Waals surface area contributed by atoms with E-state index in [2.05, 4.69) is 12.7 Å². The van der Waals surface area contributed by atoms with E-state index in [1.54, 1.807) is 31.3 Å². The number of carbonyl (C=O) groups is 1. The molecule has 12 heteroatoms. The van der Waals surface area contributed by atoms with E-state index in [9.17, 15) is 19.4 Å². The molecule has 294 valence electrons. The second-order valence-electron chi connectivity index (χ2n) is 14.6. The van der Waals surface area contributed by atoms with Gasteiger partial charge in [-0.05, 0) is 80.2 Å². The molecule has 7 atom stereocenters. The van der Waals surface area contributed by atoms with Gasteiger partial charge in [0.2, 0.25) is 12.1 Å². The molecule has 11 nitrogen and oxygen atoms in total. The third-order valence-corrected chi connectivity index (χ3v) is 11.3. The molecule has 1 amide bonds. The number of hydrogen-bond donors (Lipinski definition) is 2. The van der Waals surface area contributed by atoms with Crippen LogP contribution in [0.15, 0.2) is 71.9 Å². The topological polar surface area (TPSA) is 129 Å². The van der Waals surface area contributed by atoms with Crippen molar-refractivity contribution in [3.8, 4) is 11.5 Å². The Morgan fingerprint density at radius 1 is 1.11 bits per heavy atom. The first-order valence-electron chi connectivity index (χ1n) is 19.4. The zero-order valence-electron chi connectivity index (χ0n) is 31.5. The summed E-state index contributed by atoms with van der Waals surface area (Å²) in [5, 5.41) is 24.4. The van der Waals surface area contributed by atoms with Gasteiger partial charge in [-0.15, -0.1) is 6.58 Å². The first-order valence-corrected chi connectivity index (χ1v) is 19.4. The van der Waals surface area contributed by atoms with Gasteiger partial charge in [-0.3, -0.25) is 0 Å². The molecule has 0 spiro atoms. The first kappa shape index (κ1) is 39.7. The molecule has 2 aromatic rings. The molecule has 2 N–H and O–H groups in total. The van der Waals surface area contributed by atoms with Gasteiger partial charge in [-0.1, -0.05) is 48.3 Å². The molecule has 54 heavy (non-hydrogen) atoms.